The fourth-order valence-electron chi connectivity index (χ4n) is 2.42. The van der Waals surface area contributed by atoms with E-state index >= 15 is 0 Å². The van der Waals surface area contributed by atoms with Crippen LogP contribution in [0.4, 0.5) is 0 Å². The molecule has 0 aliphatic carbocycles. The number of carbonyl (C=O) groups is 1. The summed E-state index contributed by atoms with van der Waals surface area (Å²) in [4.78, 5) is 24.8. The van der Waals surface area contributed by atoms with Crippen LogP contribution in [0, 0.1) is 13.8 Å². The molecule has 0 bridgehead atoms. The Morgan fingerprint density at radius 2 is 1.73 bits per heavy atom. The average Bonchev–Trinajstić information content (AvgIpc) is 2.54. The van der Waals surface area contributed by atoms with E-state index < -0.39 is 5.97 Å². The number of pyridine rings is 1. The Kier molecular flexibility index (Phi) is 7.20. The number of halogens is 1. The van der Waals surface area contributed by atoms with Crippen LogP contribution in [0.2, 0.25) is 5.02 Å². The van der Waals surface area contributed by atoms with Crippen molar-refractivity contribution >= 4 is 29.3 Å². The molecular weight excluding hydrogens is 381 g/mol. The molecule has 8 heteroatoms. The number of aromatic nitrogens is 3. The molecule has 0 amide bonds. The molecule has 0 atom stereocenters. The van der Waals surface area contributed by atoms with Gasteiger partial charge in [0.15, 0.2) is 5.16 Å². The normalized spacial score (nSPS) is 10.3. The average molecular weight is 396 g/mol. The minimum Gasteiger partial charge on any atom is -1.00 e. The minimum absolute atomic E-state index is 0. The minimum atomic E-state index is -1.05. The maximum Gasteiger partial charge on any atom is 1.00 e. The van der Waals surface area contributed by atoms with Crippen LogP contribution >= 0.6 is 23.4 Å². The molecule has 0 radical (unpaired) electrons. The predicted molar refractivity (Wildman–Crippen MR) is 98.4 cm³/mol. The van der Waals surface area contributed by atoms with Crippen LogP contribution in [0.25, 0.3) is 11.1 Å². The van der Waals surface area contributed by atoms with E-state index in [1.54, 1.807) is 36.5 Å². The number of hydrogen-bond donors (Lipinski definition) is 1. The summed E-state index contributed by atoms with van der Waals surface area (Å²) in [6.45, 7) is 3.74. The van der Waals surface area contributed by atoms with Gasteiger partial charge in [-0.05, 0) is 55.4 Å². The van der Waals surface area contributed by atoms with Gasteiger partial charge in [0.1, 0.15) is 5.03 Å². The Labute approximate surface area is 184 Å². The van der Waals surface area contributed by atoms with Crippen LogP contribution in [0.1, 0.15) is 23.2 Å². The summed E-state index contributed by atoms with van der Waals surface area (Å²) < 4.78 is 0. The van der Waals surface area contributed by atoms with Gasteiger partial charge in [-0.3, -0.25) is 0 Å². The van der Waals surface area contributed by atoms with Crippen molar-refractivity contribution in [3.05, 3.63) is 64.6 Å². The van der Waals surface area contributed by atoms with E-state index in [1.807, 2.05) is 19.9 Å². The van der Waals surface area contributed by atoms with Gasteiger partial charge in [-0.25, -0.2) is 19.7 Å². The maximum atomic E-state index is 11.9. The van der Waals surface area contributed by atoms with Crippen molar-refractivity contribution in [2.45, 2.75) is 24.0 Å². The first-order valence-electron chi connectivity index (χ1n) is 7.42. The zero-order valence-electron chi connectivity index (χ0n) is 15.5. The van der Waals surface area contributed by atoms with Crippen molar-refractivity contribution in [2.75, 3.05) is 0 Å². The third-order valence-electron chi connectivity index (χ3n) is 3.44. The molecule has 2 aromatic heterocycles. The predicted octanol–water partition coefficient (Wildman–Crippen LogP) is 1.77. The molecule has 2 heterocycles. The molecule has 0 fully saturated rings. The first-order chi connectivity index (χ1) is 11.9. The first kappa shape index (κ1) is 20.9. The van der Waals surface area contributed by atoms with E-state index in [1.165, 1.54) is 0 Å². The second-order valence-electron chi connectivity index (χ2n) is 5.39. The summed E-state index contributed by atoms with van der Waals surface area (Å²) in [6.07, 6.45) is 1.58. The molecule has 3 rings (SSSR count). The Morgan fingerprint density at radius 1 is 1.12 bits per heavy atom. The zero-order valence-corrected chi connectivity index (χ0v) is 18.1. The Hall–Kier alpha value is -1.44. The first-order valence-corrected chi connectivity index (χ1v) is 8.62. The van der Waals surface area contributed by atoms with Crippen LogP contribution < -0.4 is 29.6 Å². The van der Waals surface area contributed by atoms with Crippen LogP contribution in [0.5, 0.6) is 0 Å². The monoisotopic (exact) mass is 395 g/mol. The van der Waals surface area contributed by atoms with Crippen molar-refractivity contribution in [2.24, 2.45) is 0 Å². The van der Waals surface area contributed by atoms with Crippen molar-refractivity contribution in [1.82, 2.24) is 15.0 Å². The van der Waals surface area contributed by atoms with Gasteiger partial charge in [-0.1, -0.05) is 23.7 Å². The maximum absolute atomic E-state index is 11.9. The number of aromatic carboxylic acids is 1. The molecule has 0 spiro atoms. The second kappa shape index (κ2) is 8.97. The molecule has 0 aliphatic heterocycles. The third-order valence-corrected chi connectivity index (χ3v) is 4.56. The largest absolute Gasteiger partial charge is 1.00 e. The van der Waals surface area contributed by atoms with E-state index in [4.69, 9.17) is 11.6 Å². The molecule has 0 aliphatic rings. The summed E-state index contributed by atoms with van der Waals surface area (Å²) in [7, 11) is 0. The number of benzene rings is 1. The smallest absolute Gasteiger partial charge is 1.00 e. The number of aryl methyl sites for hydroxylation is 2. The van der Waals surface area contributed by atoms with Crippen molar-refractivity contribution in [3.63, 3.8) is 0 Å². The molecule has 5 nitrogen and oxygen atoms in total. The van der Waals surface area contributed by atoms with Crippen LogP contribution in [-0.4, -0.2) is 26.0 Å². The topological polar surface area (TPSA) is 76.0 Å². The van der Waals surface area contributed by atoms with E-state index in [9.17, 15) is 9.90 Å². The van der Waals surface area contributed by atoms with Crippen LogP contribution in [0.3, 0.4) is 0 Å². The van der Waals surface area contributed by atoms with Gasteiger partial charge in [-0.2, -0.15) is 0 Å². The fourth-order valence-corrected chi connectivity index (χ4v) is 3.51. The molecule has 0 saturated heterocycles. The number of rotatable bonds is 4. The summed E-state index contributed by atoms with van der Waals surface area (Å²) in [6, 6.07) is 10.6. The molecule has 1 aromatic carbocycles. The molecule has 128 valence electrons. The number of nitrogens with zero attached hydrogens (tertiary/aromatic N) is 3. The summed E-state index contributed by atoms with van der Waals surface area (Å²) in [5.74, 6) is -1.05. The molecule has 0 saturated carbocycles. The third kappa shape index (κ3) is 4.84. The Morgan fingerprint density at radius 3 is 2.31 bits per heavy atom. The van der Waals surface area contributed by atoms with Gasteiger partial charge in [0.2, 0.25) is 0 Å². The van der Waals surface area contributed by atoms with Crippen LogP contribution in [-0.2, 0) is 0 Å². The summed E-state index contributed by atoms with van der Waals surface area (Å²) in [5, 5.41) is 11.1. The van der Waals surface area contributed by atoms with Gasteiger partial charge in [0.05, 0.1) is 5.56 Å². The van der Waals surface area contributed by atoms with E-state index in [0.29, 0.717) is 20.8 Å². The standard InChI is InChI=1S/C18H14ClN3O2S.Na.H/c1-10-9-11(2)22-18(21-10)25-16-15(17(23)24)14(7-8-20-16)12-3-5-13(19)6-4-12;;/h3-9H,1-2H3,(H,23,24);;/q;+1;-1. The van der Waals surface area contributed by atoms with Gasteiger partial charge >= 0.3 is 35.5 Å². The van der Waals surface area contributed by atoms with Gasteiger partial charge < -0.3 is 6.53 Å². The zero-order chi connectivity index (χ0) is 18.0. The molecule has 1 N–H and O–H groups in total. The summed E-state index contributed by atoms with van der Waals surface area (Å²) >= 11 is 7.06. The molecule has 0 unspecified atom stereocenters. The second-order valence-corrected chi connectivity index (χ2v) is 6.78. The van der Waals surface area contributed by atoms with E-state index in [2.05, 4.69) is 15.0 Å². The van der Waals surface area contributed by atoms with E-state index in [0.717, 1.165) is 28.7 Å². The van der Waals surface area contributed by atoms with Crippen LogP contribution in [0.15, 0.2) is 52.8 Å². The van der Waals surface area contributed by atoms with Gasteiger partial charge in [0.25, 0.3) is 0 Å². The van der Waals surface area contributed by atoms with Crippen molar-refractivity contribution in [3.8, 4) is 11.1 Å². The van der Waals surface area contributed by atoms with Crippen molar-refractivity contribution < 1.29 is 40.9 Å². The van der Waals surface area contributed by atoms with E-state index in [-0.39, 0.29) is 36.5 Å². The SMILES string of the molecule is Cc1cc(C)nc(Sc2nccc(-c3ccc(Cl)cc3)c2C(=O)O)n1.[H-].[Na+]. The Balaban J connectivity index is 0.00000182. The number of hydrogen-bond acceptors (Lipinski definition) is 5. The summed E-state index contributed by atoms with van der Waals surface area (Å²) in [5.41, 5.74) is 3.09. The van der Waals surface area contributed by atoms with Gasteiger partial charge in [0, 0.05) is 28.2 Å². The molecule has 26 heavy (non-hydrogen) atoms. The molecular formula is C18H15ClN3NaO2S. The number of carboxylic acid groups (broad SMARTS) is 1. The quantitative estimate of drug-likeness (QED) is 0.536. The number of carboxylic acids is 1. The fraction of sp³-hybridized carbons (Fsp3) is 0.111. The molecule has 3 aromatic rings. The van der Waals surface area contributed by atoms with Crippen molar-refractivity contribution in [1.29, 1.82) is 0 Å². The Bertz CT molecular complexity index is 938. The van der Waals surface area contributed by atoms with Gasteiger partial charge in [-0.15, -0.1) is 0 Å².